The van der Waals surface area contributed by atoms with Crippen LogP contribution in [-0.2, 0) is 21.0 Å². The Morgan fingerprint density at radius 2 is 2.06 bits per heavy atom. The Morgan fingerprint density at radius 1 is 1.31 bits per heavy atom. The average molecular weight is 224 g/mol. The molecule has 3 N–H and O–H groups in total. The summed E-state index contributed by atoms with van der Waals surface area (Å²) in [6.45, 7) is 1.07. The number of rotatable bonds is 7. The fraction of sp³-hybridized carbons (Fsp3) is 0.364. The first-order valence-corrected chi connectivity index (χ1v) is 5.05. The second-order valence-electron chi connectivity index (χ2n) is 3.14. The molecule has 5 heteroatoms. The molecule has 0 heterocycles. The van der Waals surface area contributed by atoms with E-state index < -0.39 is 0 Å². The Balaban J connectivity index is 2.09. The number of hydroxylamine groups is 1. The summed E-state index contributed by atoms with van der Waals surface area (Å²) in [7, 11) is 0. The van der Waals surface area contributed by atoms with E-state index in [2.05, 4.69) is 5.48 Å². The molecule has 0 unspecified atom stereocenters. The van der Waals surface area contributed by atoms with Gasteiger partial charge in [-0.25, -0.2) is 5.48 Å². The third kappa shape index (κ3) is 5.45. The monoisotopic (exact) mass is 224 g/mol. The molecule has 88 valence electrons. The highest BCUT2D eigenvalue weighted by molar-refractivity contribution is 5.75. The summed E-state index contributed by atoms with van der Waals surface area (Å²) in [5.41, 5.74) is 8.48. The molecule has 0 aromatic heterocycles. The summed E-state index contributed by atoms with van der Waals surface area (Å²) in [6.07, 6.45) is 0. The molecule has 16 heavy (non-hydrogen) atoms. The highest BCUT2D eigenvalue weighted by Crippen LogP contribution is 1.98. The summed E-state index contributed by atoms with van der Waals surface area (Å²) >= 11 is 0. The van der Waals surface area contributed by atoms with Crippen LogP contribution in [0.25, 0.3) is 0 Å². The van der Waals surface area contributed by atoms with Gasteiger partial charge >= 0.3 is 0 Å². The van der Waals surface area contributed by atoms with Crippen molar-refractivity contribution in [3.63, 3.8) is 0 Å². The van der Waals surface area contributed by atoms with Gasteiger partial charge in [-0.3, -0.25) is 9.63 Å². The van der Waals surface area contributed by atoms with E-state index in [0.717, 1.165) is 5.56 Å². The predicted molar refractivity (Wildman–Crippen MR) is 59.2 cm³/mol. The lowest BCUT2D eigenvalue weighted by Gasteiger charge is -2.06. The molecular formula is C11H16N2O3. The van der Waals surface area contributed by atoms with E-state index in [0.29, 0.717) is 19.8 Å². The lowest BCUT2D eigenvalue weighted by atomic mass is 10.2. The average Bonchev–Trinajstić information content (AvgIpc) is 2.31. The van der Waals surface area contributed by atoms with Crippen molar-refractivity contribution in [1.29, 1.82) is 0 Å². The van der Waals surface area contributed by atoms with Gasteiger partial charge in [0, 0.05) is 6.54 Å². The largest absolute Gasteiger partial charge is 0.370 e. The van der Waals surface area contributed by atoms with Crippen LogP contribution in [0.2, 0.25) is 0 Å². The molecule has 1 aromatic carbocycles. The first-order chi connectivity index (χ1) is 7.83. The lowest BCUT2D eigenvalue weighted by Crippen LogP contribution is -2.28. The molecule has 1 rings (SSSR count). The van der Waals surface area contributed by atoms with Crippen LogP contribution in [0.1, 0.15) is 5.56 Å². The van der Waals surface area contributed by atoms with Gasteiger partial charge in [-0.15, -0.1) is 0 Å². The third-order valence-electron chi connectivity index (χ3n) is 1.76. The molecule has 5 nitrogen and oxygen atoms in total. The number of hydrogen-bond donors (Lipinski definition) is 2. The summed E-state index contributed by atoms with van der Waals surface area (Å²) < 4.78 is 4.93. The van der Waals surface area contributed by atoms with Crippen molar-refractivity contribution in [1.82, 2.24) is 5.48 Å². The van der Waals surface area contributed by atoms with Gasteiger partial charge in [0.1, 0.15) is 6.61 Å². The van der Waals surface area contributed by atoms with E-state index in [1.807, 2.05) is 30.3 Å². The van der Waals surface area contributed by atoms with E-state index in [1.54, 1.807) is 0 Å². The first-order valence-electron chi connectivity index (χ1n) is 5.05. The molecule has 0 aliphatic heterocycles. The summed E-state index contributed by atoms with van der Waals surface area (Å²) in [5, 5.41) is 0. The van der Waals surface area contributed by atoms with Crippen molar-refractivity contribution in [3.05, 3.63) is 35.9 Å². The van der Waals surface area contributed by atoms with Gasteiger partial charge in [0.15, 0.2) is 0 Å². The summed E-state index contributed by atoms with van der Waals surface area (Å²) in [5.74, 6) is -0.315. The van der Waals surface area contributed by atoms with Crippen LogP contribution in [0.4, 0.5) is 0 Å². The van der Waals surface area contributed by atoms with Gasteiger partial charge in [-0.05, 0) is 5.56 Å². The molecular weight excluding hydrogens is 208 g/mol. The number of nitrogens with one attached hydrogen (secondary N) is 1. The van der Waals surface area contributed by atoms with Crippen molar-refractivity contribution in [2.75, 3.05) is 19.8 Å². The van der Waals surface area contributed by atoms with Crippen molar-refractivity contribution >= 4 is 5.91 Å². The number of carbonyl (C=O) groups excluding carboxylic acids is 1. The zero-order valence-electron chi connectivity index (χ0n) is 9.02. The Kier molecular flexibility index (Phi) is 6.17. The molecule has 0 aliphatic carbocycles. The zero-order chi connectivity index (χ0) is 11.6. The van der Waals surface area contributed by atoms with E-state index in [1.165, 1.54) is 0 Å². The van der Waals surface area contributed by atoms with E-state index >= 15 is 0 Å². The Morgan fingerprint density at radius 3 is 2.75 bits per heavy atom. The molecule has 0 fully saturated rings. The molecule has 0 spiro atoms. The summed E-state index contributed by atoms with van der Waals surface area (Å²) in [4.78, 5) is 16.1. The van der Waals surface area contributed by atoms with Crippen LogP contribution in [0.15, 0.2) is 30.3 Å². The standard InChI is InChI=1S/C11H16N2O3/c12-6-7-15-9-11(14)13-16-8-10-4-2-1-3-5-10/h1-5H,6-9,12H2,(H,13,14). The van der Waals surface area contributed by atoms with Crippen molar-refractivity contribution in [3.8, 4) is 0 Å². The lowest BCUT2D eigenvalue weighted by molar-refractivity contribution is -0.139. The number of carbonyl (C=O) groups is 1. The highest BCUT2D eigenvalue weighted by Gasteiger charge is 2.00. The highest BCUT2D eigenvalue weighted by atomic mass is 16.7. The molecule has 0 saturated carbocycles. The third-order valence-corrected chi connectivity index (χ3v) is 1.76. The molecule has 0 radical (unpaired) electrons. The second kappa shape index (κ2) is 7.81. The fourth-order valence-corrected chi connectivity index (χ4v) is 1.05. The maximum atomic E-state index is 11.1. The minimum atomic E-state index is -0.315. The van der Waals surface area contributed by atoms with Gasteiger partial charge in [0.2, 0.25) is 0 Å². The molecule has 0 bridgehead atoms. The topological polar surface area (TPSA) is 73.6 Å². The van der Waals surface area contributed by atoms with Crippen LogP contribution < -0.4 is 11.2 Å². The van der Waals surface area contributed by atoms with E-state index in [9.17, 15) is 4.79 Å². The summed E-state index contributed by atoms with van der Waals surface area (Å²) in [6, 6.07) is 9.56. The maximum absolute atomic E-state index is 11.1. The first kappa shape index (κ1) is 12.6. The number of benzene rings is 1. The smallest absolute Gasteiger partial charge is 0.269 e. The zero-order valence-corrected chi connectivity index (χ0v) is 9.02. The normalized spacial score (nSPS) is 10.1. The number of amides is 1. The number of nitrogens with two attached hydrogens (primary N) is 1. The fourth-order valence-electron chi connectivity index (χ4n) is 1.05. The van der Waals surface area contributed by atoms with Crippen LogP contribution in [0.3, 0.4) is 0 Å². The van der Waals surface area contributed by atoms with Crippen molar-refractivity contribution in [2.45, 2.75) is 6.61 Å². The van der Waals surface area contributed by atoms with Gasteiger partial charge in [-0.1, -0.05) is 30.3 Å². The van der Waals surface area contributed by atoms with Gasteiger partial charge in [0.05, 0.1) is 13.2 Å². The quantitative estimate of drug-likeness (QED) is 0.513. The van der Waals surface area contributed by atoms with Crippen LogP contribution >= 0.6 is 0 Å². The van der Waals surface area contributed by atoms with Gasteiger partial charge in [-0.2, -0.15) is 0 Å². The van der Waals surface area contributed by atoms with Gasteiger partial charge in [0.25, 0.3) is 5.91 Å². The van der Waals surface area contributed by atoms with E-state index in [4.69, 9.17) is 15.3 Å². The Hall–Kier alpha value is -1.43. The second-order valence-corrected chi connectivity index (χ2v) is 3.14. The number of ether oxygens (including phenoxy) is 1. The molecule has 1 amide bonds. The predicted octanol–water partition coefficient (Wildman–Crippen LogP) is 0.210. The van der Waals surface area contributed by atoms with Crippen molar-refractivity contribution in [2.24, 2.45) is 5.73 Å². The van der Waals surface area contributed by atoms with E-state index in [-0.39, 0.29) is 12.5 Å². The SMILES string of the molecule is NCCOCC(=O)NOCc1ccccc1. The Labute approximate surface area is 94.5 Å². The molecule has 0 saturated heterocycles. The molecule has 1 aromatic rings. The number of hydrogen-bond acceptors (Lipinski definition) is 4. The van der Waals surface area contributed by atoms with Crippen LogP contribution in [0.5, 0.6) is 0 Å². The maximum Gasteiger partial charge on any atom is 0.269 e. The molecule has 0 atom stereocenters. The minimum Gasteiger partial charge on any atom is -0.370 e. The van der Waals surface area contributed by atoms with Crippen LogP contribution in [0, 0.1) is 0 Å². The van der Waals surface area contributed by atoms with Gasteiger partial charge < -0.3 is 10.5 Å². The molecule has 0 aliphatic rings. The minimum absolute atomic E-state index is 0.0357. The Bertz CT molecular complexity index is 303. The van der Waals surface area contributed by atoms with Crippen molar-refractivity contribution < 1.29 is 14.4 Å². The van der Waals surface area contributed by atoms with Crippen LogP contribution in [-0.4, -0.2) is 25.7 Å².